The Morgan fingerprint density at radius 1 is 1.38 bits per heavy atom. The highest BCUT2D eigenvalue weighted by Crippen LogP contribution is 2.32. The van der Waals surface area contributed by atoms with Gasteiger partial charge in [-0.25, -0.2) is 0 Å². The first-order valence-corrected chi connectivity index (χ1v) is 7.35. The second kappa shape index (κ2) is 6.53. The minimum absolute atomic E-state index is 0.144. The molecule has 21 heavy (non-hydrogen) atoms. The van der Waals surface area contributed by atoms with Gasteiger partial charge < -0.3 is 10.0 Å². The molecule has 0 bridgehead atoms. The van der Waals surface area contributed by atoms with Gasteiger partial charge in [0.2, 0.25) is 0 Å². The van der Waals surface area contributed by atoms with Crippen molar-refractivity contribution < 1.29 is 9.90 Å². The van der Waals surface area contributed by atoms with E-state index in [1.165, 1.54) is 0 Å². The van der Waals surface area contributed by atoms with Gasteiger partial charge in [0.15, 0.2) is 5.82 Å². The highest BCUT2D eigenvalue weighted by atomic mass is 16.4. The molecular formula is C15H20N4O2. The Morgan fingerprint density at radius 3 is 2.57 bits per heavy atom. The normalized spacial score (nSPS) is 13.8. The average Bonchev–Trinajstić information content (AvgIpc) is 3.28. The second-order valence-electron chi connectivity index (χ2n) is 5.36. The Balaban J connectivity index is 2.43. The zero-order chi connectivity index (χ0) is 15.4. The summed E-state index contributed by atoms with van der Waals surface area (Å²) < 4.78 is 0. The summed E-state index contributed by atoms with van der Waals surface area (Å²) in [5, 5.41) is 26.9. The van der Waals surface area contributed by atoms with Crippen LogP contribution in [0.4, 0.5) is 5.82 Å². The summed E-state index contributed by atoms with van der Waals surface area (Å²) >= 11 is 0. The van der Waals surface area contributed by atoms with Crippen molar-refractivity contribution in [1.82, 2.24) is 10.2 Å². The van der Waals surface area contributed by atoms with Crippen LogP contribution in [0.3, 0.4) is 0 Å². The van der Waals surface area contributed by atoms with E-state index in [1.807, 2.05) is 13.8 Å². The molecule has 0 aliphatic heterocycles. The molecule has 1 saturated carbocycles. The van der Waals surface area contributed by atoms with Crippen LogP contribution in [0.25, 0.3) is 0 Å². The fourth-order valence-corrected chi connectivity index (χ4v) is 2.50. The van der Waals surface area contributed by atoms with Crippen LogP contribution >= 0.6 is 0 Å². The zero-order valence-electron chi connectivity index (χ0n) is 12.5. The lowest BCUT2D eigenvalue weighted by atomic mass is 10.0. The maximum absolute atomic E-state index is 11.1. The third kappa shape index (κ3) is 3.48. The standard InChI is InChI=1S/C15H20N4O2/c1-3-11-12(7-16)15(18-17-13(11)4-2)19(9-14(20)21)8-10-5-6-10/h10H,3-6,8-9H2,1-2H3,(H,20,21). The van der Waals surface area contributed by atoms with E-state index < -0.39 is 5.97 Å². The summed E-state index contributed by atoms with van der Waals surface area (Å²) in [4.78, 5) is 12.8. The maximum atomic E-state index is 11.1. The van der Waals surface area contributed by atoms with Gasteiger partial charge in [-0.2, -0.15) is 10.4 Å². The predicted molar refractivity (Wildman–Crippen MR) is 78.1 cm³/mol. The van der Waals surface area contributed by atoms with E-state index in [0.717, 1.165) is 24.1 Å². The fourth-order valence-electron chi connectivity index (χ4n) is 2.50. The first-order chi connectivity index (χ1) is 10.1. The molecule has 1 heterocycles. The summed E-state index contributed by atoms with van der Waals surface area (Å²) in [5.41, 5.74) is 2.18. The molecule has 1 N–H and O–H groups in total. The number of aliphatic carboxylic acids is 1. The molecule has 0 unspecified atom stereocenters. The lowest BCUT2D eigenvalue weighted by molar-refractivity contribution is -0.135. The number of anilines is 1. The van der Waals surface area contributed by atoms with E-state index >= 15 is 0 Å². The molecule has 0 spiro atoms. The molecule has 0 aromatic carbocycles. The van der Waals surface area contributed by atoms with Gasteiger partial charge >= 0.3 is 5.97 Å². The van der Waals surface area contributed by atoms with Crippen molar-refractivity contribution in [2.75, 3.05) is 18.0 Å². The van der Waals surface area contributed by atoms with Crippen LogP contribution in [0.5, 0.6) is 0 Å². The van der Waals surface area contributed by atoms with Crippen LogP contribution in [-0.2, 0) is 17.6 Å². The summed E-state index contributed by atoms with van der Waals surface area (Å²) in [6.07, 6.45) is 3.63. The monoisotopic (exact) mass is 288 g/mol. The van der Waals surface area contributed by atoms with Gasteiger partial charge in [-0.15, -0.1) is 5.10 Å². The molecule has 0 amide bonds. The lowest BCUT2D eigenvalue weighted by Gasteiger charge is -2.23. The zero-order valence-corrected chi connectivity index (χ0v) is 12.5. The number of nitrogens with zero attached hydrogens (tertiary/aromatic N) is 4. The van der Waals surface area contributed by atoms with Gasteiger partial charge in [-0.05, 0) is 37.2 Å². The van der Waals surface area contributed by atoms with Gasteiger partial charge in [0, 0.05) is 6.54 Å². The largest absolute Gasteiger partial charge is 0.480 e. The number of aromatic nitrogens is 2. The summed E-state index contributed by atoms with van der Waals surface area (Å²) in [6.45, 7) is 4.44. The highest BCUT2D eigenvalue weighted by Gasteiger charge is 2.28. The highest BCUT2D eigenvalue weighted by molar-refractivity contribution is 5.74. The van der Waals surface area contributed by atoms with Crippen molar-refractivity contribution in [3.05, 3.63) is 16.8 Å². The fraction of sp³-hybridized carbons (Fsp3) is 0.600. The molecule has 0 atom stereocenters. The Bertz CT molecular complexity index is 576. The van der Waals surface area contributed by atoms with Gasteiger partial charge in [-0.1, -0.05) is 13.8 Å². The van der Waals surface area contributed by atoms with E-state index in [2.05, 4.69) is 16.3 Å². The van der Waals surface area contributed by atoms with E-state index in [-0.39, 0.29) is 6.54 Å². The van der Waals surface area contributed by atoms with Crippen LogP contribution in [0.2, 0.25) is 0 Å². The predicted octanol–water partition coefficient (Wildman–Crippen LogP) is 1.77. The number of carbonyl (C=O) groups is 1. The molecule has 112 valence electrons. The Morgan fingerprint density at radius 2 is 2.10 bits per heavy atom. The molecule has 2 rings (SSSR count). The topological polar surface area (TPSA) is 90.1 Å². The minimum Gasteiger partial charge on any atom is -0.480 e. The molecule has 0 saturated heterocycles. The smallest absolute Gasteiger partial charge is 0.323 e. The van der Waals surface area contributed by atoms with Gasteiger partial charge in [-0.3, -0.25) is 4.79 Å². The number of hydrogen-bond acceptors (Lipinski definition) is 5. The van der Waals surface area contributed by atoms with Crippen molar-refractivity contribution >= 4 is 11.8 Å². The third-order valence-corrected chi connectivity index (χ3v) is 3.74. The Hall–Kier alpha value is -2.16. The molecule has 1 aliphatic carbocycles. The first kappa shape index (κ1) is 15.2. The van der Waals surface area contributed by atoms with Crippen molar-refractivity contribution in [2.45, 2.75) is 39.5 Å². The maximum Gasteiger partial charge on any atom is 0.323 e. The number of aryl methyl sites for hydroxylation is 1. The van der Waals surface area contributed by atoms with Crippen LogP contribution in [-0.4, -0.2) is 34.4 Å². The van der Waals surface area contributed by atoms with Crippen LogP contribution < -0.4 is 4.90 Å². The summed E-state index contributed by atoms with van der Waals surface area (Å²) in [5.74, 6) is 0.00780. The average molecular weight is 288 g/mol. The molecule has 1 fully saturated rings. The molecule has 1 aliphatic rings. The quantitative estimate of drug-likeness (QED) is 0.822. The molecular weight excluding hydrogens is 268 g/mol. The first-order valence-electron chi connectivity index (χ1n) is 7.35. The molecule has 6 heteroatoms. The molecule has 6 nitrogen and oxygen atoms in total. The van der Waals surface area contributed by atoms with E-state index in [1.54, 1.807) is 4.90 Å². The molecule has 1 aromatic heterocycles. The van der Waals surface area contributed by atoms with Crippen LogP contribution in [0, 0.1) is 17.2 Å². The summed E-state index contributed by atoms with van der Waals surface area (Å²) in [7, 11) is 0. The number of nitriles is 1. The van der Waals surface area contributed by atoms with Gasteiger partial charge in [0.1, 0.15) is 18.2 Å². The van der Waals surface area contributed by atoms with E-state index in [4.69, 9.17) is 5.11 Å². The number of hydrogen-bond donors (Lipinski definition) is 1. The number of rotatable bonds is 7. The van der Waals surface area contributed by atoms with Crippen LogP contribution in [0.1, 0.15) is 43.5 Å². The van der Waals surface area contributed by atoms with Crippen molar-refractivity contribution in [2.24, 2.45) is 5.92 Å². The van der Waals surface area contributed by atoms with Gasteiger partial charge in [0.05, 0.1) is 5.69 Å². The number of carboxylic acid groups (broad SMARTS) is 1. The van der Waals surface area contributed by atoms with Crippen molar-refractivity contribution in [3.8, 4) is 6.07 Å². The Labute approximate surface area is 124 Å². The molecule has 0 radical (unpaired) electrons. The number of carboxylic acids is 1. The van der Waals surface area contributed by atoms with E-state index in [9.17, 15) is 10.1 Å². The summed E-state index contributed by atoms with van der Waals surface area (Å²) in [6, 6.07) is 2.20. The lowest BCUT2D eigenvalue weighted by Crippen LogP contribution is -2.33. The SMILES string of the molecule is CCc1nnc(N(CC(=O)O)CC2CC2)c(C#N)c1CC. The van der Waals surface area contributed by atoms with Gasteiger partial charge in [0.25, 0.3) is 0 Å². The van der Waals surface area contributed by atoms with Crippen LogP contribution in [0.15, 0.2) is 0 Å². The van der Waals surface area contributed by atoms with Crippen molar-refractivity contribution in [3.63, 3.8) is 0 Å². The molecule has 1 aromatic rings. The second-order valence-corrected chi connectivity index (χ2v) is 5.36. The van der Waals surface area contributed by atoms with Crippen molar-refractivity contribution in [1.29, 1.82) is 5.26 Å². The van der Waals surface area contributed by atoms with E-state index in [0.29, 0.717) is 36.7 Å². The third-order valence-electron chi connectivity index (χ3n) is 3.74. The Kier molecular flexibility index (Phi) is 4.73. The minimum atomic E-state index is -0.918.